The van der Waals surface area contributed by atoms with E-state index in [-0.39, 0.29) is 12.2 Å². The van der Waals surface area contributed by atoms with E-state index in [1.54, 1.807) is 11.8 Å². The maximum Gasteiger partial charge on any atom is 0.0932 e. The molecule has 1 saturated heterocycles. The fourth-order valence-corrected chi connectivity index (χ4v) is 2.69. The van der Waals surface area contributed by atoms with E-state index in [0.29, 0.717) is 5.92 Å². The number of hydrogen-bond donors (Lipinski definition) is 1. The van der Waals surface area contributed by atoms with Gasteiger partial charge >= 0.3 is 0 Å². The van der Waals surface area contributed by atoms with Crippen LogP contribution in [0.5, 0.6) is 0 Å². The molecular formula is C10H20O2S. The lowest BCUT2D eigenvalue weighted by atomic mass is 10.1. The van der Waals surface area contributed by atoms with Crippen molar-refractivity contribution < 1.29 is 9.84 Å². The Morgan fingerprint density at radius 3 is 2.85 bits per heavy atom. The average molecular weight is 204 g/mol. The number of aliphatic hydroxyl groups is 1. The molecule has 1 aliphatic heterocycles. The monoisotopic (exact) mass is 204 g/mol. The van der Waals surface area contributed by atoms with Crippen molar-refractivity contribution in [1.29, 1.82) is 0 Å². The van der Waals surface area contributed by atoms with Crippen molar-refractivity contribution in [2.45, 2.75) is 38.9 Å². The van der Waals surface area contributed by atoms with E-state index in [0.717, 1.165) is 18.1 Å². The largest absolute Gasteiger partial charge is 0.390 e. The minimum absolute atomic E-state index is 0.0873. The van der Waals surface area contributed by atoms with E-state index in [1.807, 2.05) is 0 Å². The Hall–Kier alpha value is 0.270. The van der Waals surface area contributed by atoms with Crippen molar-refractivity contribution >= 4 is 11.8 Å². The lowest BCUT2D eigenvalue weighted by Crippen LogP contribution is -2.28. The molecular weight excluding hydrogens is 184 g/mol. The maximum atomic E-state index is 9.49. The fourth-order valence-electron chi connectivity index (χ4n) is 1.55. The zero-order valence-corrected chi connectivity index (χ0v) is 9.35. The van der Waals surface area contributed by atoms with Gasteiger partial charge in [0.2, 0.25) is 0 Å². The molecule has 0 aromatic carbocycles. The Kier molecular flexibility index (Phi) is 5.14. The standard InChI is InChI=1S/C10H20O2S/c1-3-4-8(2)5-12-10-7-13-6-9(10)11/h8-11H,3-7H2,1-2H3. The normalized spacial score (nSPS) is 30.7. The van der Waals surface area contributed by atoms with Crippen LogP contribution < -0.4 is 0 Å². The molecule has 78 valence electrons. The fraction of sp³-hybridized carbons (Fsp3) is 1.00. The molecule has 3 heteroatoms. The molecule has 0 spiro atoms. The van der Waals surface area contributed by atoms with Crippen LogP contribution in [0.2, 0.25) is 0 Å². The summed E-state index contributed by atoms with van der Waals surface area (Å²) < 4.78 is 5.66. The smallest absolute Gasteiger partial charge is 0.0932 e. The first-order valence-corrected chi connectivity index (χ1v) is 6.27. The minimum atomic E-state index is -0.237. The average Bonchev–Trinajstić information content (AvgIpc) is 2.48. The van der Waals surface area contributed by atoms with Crippen LogP contribution in [0.15, 0.2) is 0 Å². The van der Waals surface area contributed by atoms with Gasteiger partial charge in [0.15, 0.2) is 0 Å². The first-order valence-electron chi connectivity index (χ1n) is 5.11. The predicted octanol–water partition coefficient (Wildman–Crippen LogP) is 1.92. The van der Waals surface area contributed by atoms with Crippen molar-refractivity contribution in [2.75, 3.05) is 18.1 Å². The second-order valence-corrected chi connectivity index (χ2v) is 4.95. The van der Waals surface area contributed by atoms with E-state index in [9.17, 15) is 5.11 Å². The molecule has 0 aromatic heterocycles. The van der Waals surface area contributed by atoms with E-state index in [2.05, 4.69) is 13.8 Å². The van der Waals surface area contributed by atoms with Crippen LogP contribution in [-0.4, -0.2) is 35.4 Å². The highest BCUT2D eigenvalue weighted by Crippen LogP contribution is 2.21. The second kappa shape index (κ2) is 5.89. The lowest BCUT2D eigenvalue weighted by Gasteiger charge is -2.17. The molecule has 1 rings (SSSR count). The zero-order chi connectivity index (χ0) is 9.68. The first-order chi connectivity index (χ1) is 6.24. The Morgan fingerprint density at radius 1 is 1.54 bits per heavy atom. The molecule has 0 aromatic rings. The van der Waals surface area contributed by atoms with Gasteiger partial charge in [0.25, 0.3) is 0 Å². The highest BCUT2D eigenvalue weighted by atomic mass is 32.2. The van der Waals surface area contributed by atoms with Gasteiger partial charge in [-0.2, -0.15) is 11.8 Å². The van der Waals surface area contributed by atoms with Gasteiger partial charge in [0, 0.05) is 18.1 Å². The van der Waals surface area contributed by atoms with Crippen LogP contribution in [0, 0.1) is 5.92 Å². The summed E-state index contributed by atoms with van der Waals surface area (Å²) in [5, 5.41) is 9.49. The summed E-state index contributed by atoms with van der Waals surface area (Å²) in [7, 11) is 0. The van der Waals surface area contributed by atoms with Crippen molar-refractivity contribution in [2.24, 2.45) is 5.92 Å². The lowest BCUT2D eigenvalue weighted by molar-refractivity contribution is -0.0209. The van der Waals surface area contributed by atoms with Gasteiger partial charge in [-0.25, -0.2) is 0 Å². The summed E-state index contributed by atoms with van der Waals surface area (Å²) in [4.78, 5) is 0. The van der Waals surface area contributed by atoms with Crippen LogP contribution in [0.3, 0.4) is 0 Å². The molecule has 1 heterocycles. The van der Waals surface area contributed by atoms with Gasteiger partial charge in [-0.15, -0.1) is 0 Å². The molecule has 2 nitrogen and oxygen atoms in total. The van der Waals surface area contributed by atoms with Crippen LogP contribution in [0.25, 0.3) is 0 Å². The van der Waals surface area contributed by atoms with Gasteiger partial charge in [-0.3, -0.25) is 0 Å². The molecule has 3 unspecified atom stereocenters. The second-order valence-electron chi connectivity index (χ2n) is 3.87. The Bertz CT molecular complexity index is 141. The highest BCUT2D eigenvalue weighted by molar-refractivity contribution is 7.99. The van der Waals surface area contributed by atoms with Gasteiger partial charge in [0.1, 0.15) is 0 Å². The molecule has 1 fully saturated rings. The quantitative estimate of drug-likeness (QED) is 0.742. The maximum absolute atomic E-state index is 9.49. The van der Waals surface area contributed by atoms with Crippen LogP contribution in [0.1, 0.15) is 26.7 Å². The molecule has 3 atom stereocenters. The SMILES string of the molecule is CCCC(C)COC1CSCC1O. The Morgan fingerprint density at radius 2 is 2.31 bits per heavy atom. The molecule has 0 bridgehead atoms. The number of thioether (sulfide) groups is 1. The number of rotatable bonds is 5. The predicted molar refractivity (Wildman–Crippen MR) is 57.1 cm³/mol. The minimum Gasteiger partial charge on any atom is -0.390 e. The summed E-state index contributed by atoms with van der Waals surface area (Å²) in [6, 6.07) is 0. The van der Waals surface area contributed by atoms with Crippen LogP contribution >= 0.6 is 11.8 Å². The Labute approximate surface area is 85.0 Å². The number of aliphatic hydroxyl groups excluding tert-OH is 1. The summed E-state index contributed by atoms with van der Waals surface area (Å²) in [5.74, 6) is 2.43. The van der Waals surface area contributed by atoms with Gasteiger partial charge in [0.05, 0.1) is 12.2 Å². The molecule has 1 aliphatic rings. The van der Waals surface area contributed by atoms with Crippen LogP contribution in [0.4, 0.5) is 0 Å². The Balaban J connectivity index is 2.10. The molecule has 0 amide bonds. The number of ether oxygens (including phenoxy) is 1. The molecule has 1 N–H and O–H groups in total. The number of hydrogen-bond acceptors (Lipinski definition) is 3. The third-order valence-corrected chi connectivity index (χ3v) is 3.52. The highest BCUT2D eigenvalue weighted by Gasteiger charge is 2.26. The van der Waals surface area contributed by atoms with E-state index >= 15 is 0 Å². The summed E-state index contributed by atoms with van der Waals surface area (Å²) in [6.07, 6.45) is 2.28. The summed E-state index contributed by atoms with van der Waals surface area (Å²) >= 11 is 1.78. The van der Waals surface area contributed by atoms with E-state index in [1.165, 1.54) is 12.8 Å². The van der Waals surface area contributed by atoms with Gasteiger partial charge < -0.3 is 9.84 Å². The first kappa shape index (κ1) is 11.3. The third kappa shape index (κ3) is 3.88. The molecule has 0 saturated carbocycles. The van der Waals surface area contributed by atoms with Gasteiger partial charge in [-0.05, 0) is 12.3 Å². The zero-order valence-electron chi connectivity index (χ0n) is 8.53. The van der Waals surface area contributed by atoms with Crippen LogP contribution in [-0.2, 0) is 4.74 Å². The molecule has 0 radical (unpaired) electrons. The third-order valence-electron chi connectivity index (χ3n) is 2.38. The van der Waals surface area contributed by atoms with Crippen molar-refractivity contribution in [3.63, 3.8) is 0 Å². The molecule has 13 heavy (non-hydrogen) atoms. The van der Waals surface area contributed by atoms with Crippen molar-refractivity contribution in [3.8, 4) is 0 Å². The van der Waals surface area contributed by atoms with E-state index < -0.39 is 0 Å². The van der Waals surface area contributed by atoms with Crippen molar-refractivity contribution in [1.82, 2.24) is 0 Å². The van der Waals surface area contributed by atoms with Crippen molar-refractivity contribution in [3.05, 3.63) is 0 Å². The topological polar surface area (TPSA) is 29.5 Å². The molecule has 0 aliphatic carbocycles. The van der Waals surface area contributed by atoms with Gasteiger partial charge in [-0.1, -0.05) is 20.3 Å². The summed E-state index contributed by atoms with van der Waals surface area (Å²) in [6.45, 7) is 5.20. The van der Waals surface area contributed by atoms with E-state index in [4.69, 9.17) is 4.74 Å². The summed E-state index contributed by atoms with van der Waals surface area (Å²) in [5.41, 5.74) is 0.